The Balaban J connectivity index is 1.49. The van der Waals surface area contributed by atoms with Crippen LogP contribution in [0.15, 0.2) is 24.3 Å². The molecule has 1 atom stereocenters. The zero-order valence-electron chi connectivity index (χ0n) is 12.3. The quantitative estimate of drug-likeness (QED) is 0.847. The zero-order valence-corrected chi connectivity index (χ0v) is 13.0. The maximum Gasteiger partial charge on any atom is 0.0426 e. The third kappa shape index (κ3) is 3.46. The average molecular weight is 294 g/mol. The van der Waals surface area contributed by atoms with Gasteiger partial charge in [-0.2, -0.15) is 0 Å². The zero-order chi connectivity index (χ0) is 13.9. The Kier molecular flexibility index (Phi) is 4.49. The van der Waals surface area contributed by atoms with Crippen LogP contribution in [-0.2, 0) is 0 Å². The van der Waals surface area contributed by atoms with Gasteiger partial charge in [-0.25, -0.2) is 0 Å². The summed E-state index contributed by atoms with van der Waals surface area (Å²) in [5.74, 6) is 0.873. The number of piperazine rings is 1. The summed E-state index contributed by atoms with van der Waals surface area (Å²) in [5, 5.41) is 0.832. The standard InChI is InChI=1S/C16H24ClN3/c1-18-6-5-14(12-18)13-19-7-9-20(10-8-19)16-4-2-3-15(17)11-16/h2-4,11,14H,5-10,12-13H2,1H3/t14-/m1/s1. The van der Waals surface area contributed by atoms with E-state index in [1.807, 2.05) is 12.1 Å². The Hall–Kier alpha value is -0.770. The van der Waals surface area contributed by atoms with E-state index >= 15 is 0 Å². The Morgan fingerprint density at radius 3 is 2.60 bits per heavy atom. The number of halogens is 1. The van der Waals surface area contributed by atoms with Gasteiger partial charge in [0.15, 0.2) is 0 Å². The molecule has 2 saturated heterocycles. The molecule has 3 nitrogen and oxygen atoms in total. The normalized spacial score (nSPS) is 25.3. The summed E-state index contributed by atoms with van der Waals surface area (Å²) in [4.78, 5) is 7.53. The summed E-state index contributed by atoms with van der Waals surface area (Å²) in [7, 11) is 2.23. The summed E-state index contributed by atoms with van der Waals surface area (Å²) < 4.78 is 0. The molecule has 1 aromatic rings. The van der Waals surface area contributed by atoms with E-state index in [0.29, 0.717) is 0 Å². The molecule has 0 aliphatic carbocycles. The van der Waals surface area contributed by atoms with E-state index in [2.05, 4.69) is 33.9 Å². The van der Waals surface area contributed by atoms with Crippen molar-refractivity contribution in [3.63, 3.8) is 0 Å². The molecule has 110 valence electrons. The molecule has 4 heteroatoms. The second-order valence-electron chi connectivity index (χ2n) is 6.18. The molecule has 1 aromatic carbocycles. The lowest BCUT2D eigenvalue weighted by molar-refractivity contribution is 0.219. The van der Waals surface area contributed by atoms with Crippen LogP contribution in [0.25, 0.3) is 0 Å². The van der Waals surface area contributed by atoms with Crippen molar-refractivity contribution in [2.24, 2.45) is 5.92 Å². The monoisotopic (exact) mass is 293 g/mol. The minimum Gasteiger partial charge on any atom is -0.369 e. The van der Waals surface area contributed by atoms with Crippen LogP contribution in [0.4, 0.5) is 5.69 Å². The van der Waals surface area contributed by atoms with Crippen LogP contribution < -0.4 is 4.90 Å². The summed E-state index contributed by atoms with van der Waals surface area (Å²) in [6.45, 7) is 8.39. The summed E-state index contributed by atoms with van der Waals surface area (Å²) >= 11 is 6.08. The van der Waals surface area contributed by atoms with E-state index in [1.54, 1.807) is 0 Å². The van der Waals surface area contributed by atoms with Crippen LogP contribution in [0.1, 0.15) is 6.42 Å². The van der Waals surface area contributed by atoms with Crippen molar-refractivity contribution in [2.75, 3.05) is 57.8 Å². The fourth-order valence-electron chi connectivity index (χ4n) is 3.40. The van der Waals surface area contributed by atoms with Gasteiger partial charge in [0, 0.05) is 50.0 Å². The first-order valence-electron chi connectivity index (χ1n) is 7.62. The topological polar surface area (TPSA) is 9.72 Å². The van der Waals surface area contributed by atoms with Crippen LogP contribution in [0, 0.1) is 5.92 Å². The van der Waals surface area contributed by atoms with Crippen molar-refractivity contribution < 1.29 is 0 Å². The van der Waals surface area contributed by atoms with Gasteiger partial charge in [-0.1, -0.05) is 17.7 Å². The number of likely N-dealkylation sites (tertiary alicyclic amines) is 1. The third-order valence-electron chi connectivity index (χ3n) is 4.55. The average Bonchev–Trinajstić information content (AvgIpc) is 2.85. The second kappa shape index (κ2) is 6.33. The van der Waals surface area contributed by atoms with E-state index in [0.717, 1.165) is 24.0 Å². The minimum atomic E-state index is 0.832. The molecule has 2 fully saturated rings. The number of hydrogen-bond donors (Lipinski definition) is 0. The molecule has 0 saturated carbocycles. The lowest BCUT2D eigenvalue weighted by atomic mass is 10.1. The lowest BCUT2D eigenvalue weighted by Gasteiger charge is -2.37. The van der Waals surface area contributed by atoms with E-state index in [1.165, 1.54) is 44.8 Å². The fourth-order valence-corrected chi connectivity index (χ4v) is 3.59. The Morgan fingerprint density at radius 1 is 1.15 bits per heavy atom. The van der Waals surface area contributed by atoms with E-state index in [9.17, 15) is 0 Å². The number of hydrogen-bond acceptors (Lipinski definition) is 3. The highest BCUT2D eigenvalue weighted by Crippen LogP contribution is 2.22. The van der Waals surface area contributed by atoms with Crippen molar-refractivity contribution in [1.29, 1.82) is 0 Å². The highest BCUT2D eigenvalue weighted by Gasteiger charge is 2.24. The number of rotatable bonds is 3. The van der Waals surface area contributed by atoms with Crippen molar-refractivity contribution in [2.45, 2.75) is 6.42 Å². The molecule has 2 aliphatic rings. The van der Waals surface area contributed by atoms with Gasteiger partial charge in [0.25, 0.3) is 0 Å². The lowest BCUT2D eigenvalue weighted by Crippen LogP contribution is -2.48. The molecule has 0 unspecified atom stereocenters. The predicted octanol–water partition coefficient (Wildman–Crippen LogP) is 2.41. The van der Waals surface area contributed by atoms with Gasteiger partial charge in [0.2, 0.25) is 0 Å². The highest BCUT2D eigenvalue weighted by molar-refractivity contribution is 6.30. The molecule has 0 radical (unpaired) electrons. The van der Waals surface area contributed by atoms with Crippen LogP contribution in [-0.4, -0.2) is 62.7 Å². The maximum atomic E-state index is 6.08. The van der Waals surface area contributed by atoms with Gasteiger partial charge in [-0.05, 0) is 44.1 Å². The van der Waals surface area contributed by atoms with Crippen LogP contribution >= 0.6 is 11.6 Å². The summed E-state index contributed by atoms with van der Waals surface area (Å²) in [6.07, 6.45) is 1.37. The molecule has 20 heavy (non-hydrogen) atoms. The van der Waals surface area contributed by atoms with Crippen molar-refractivity contribution in [3.05, 3.63) is 29.3 Å². The first kappa shape index (κ1) is 14.2. The first-order chi connectivity index (χ1) is 9.70. The molecule has 2 heterocycles. The van der Waals surface area contributed by atoms with E-state index < -0.39 is 0 Å². The molecule has 0 bridgehead atoms. The van der Waals surface area contributed by atoms with E-state index in [4.69, 9.17) is 11.6 Å². The van der Waals surface area contributed by atoms with Gasteiger partial charge >= 0.3 is 0 Å². The Bertz CT molecular complexity index is 443. The van der Waals surface area contributed by atoms with Crippen LogP contribution in [0.5, 0.6) is 0 Å². The smallest absolute Gasteiger partial charge is 0.0426 e. The summed E-state index contributed by atoms with van der Waals surface area (Å²) in [6, 6.07) is 8.22. The van der Waals surface area contributed by atoms with E-state index in [-0.39, 0.29) is 0 Å². The minimum absolute atomic E-state index is 0.832. The molecule has 0 aromatic heterocycles. The third-order valence-corrected chi connectivity index (χ3v) is 4.79. The molecular weight excluding hydrogens is 270 g/mol. The van der Waals surface area contributed by atoms with Crippen LogP contribution in [0.3, 0.4) is 0 Å². The molecular formula is C16H24ClN3. The van der Waals surface area contributed by atoms with Crippen molar-refractivity contribution in [1.82, 2.24) is 9.80 Å². The molecule has 0 amide bonds. The SMILES string of the molecule is CN1CC[C@@H](CN2CCN(c3cccc(Cl)c3)CC2)C1. The van der Waals surface area contributed by atoms with Gasteiger partial charge in [-0.15, -0.1) is 0 Å². The van der Waals surface area contributed by atoms with Gasteiger partial charge in [0.1, 0.15) is 0 Å². The number of benzene rings is 1. The number of anilines is 1. The molecule has 0 spiro atoms. The molecule has 0 N–H and O–H groups in total. The maximum absolute atomic E-state index is 6.08. The molecule has 2 aliphatic heterocycles. The second-order valence-corrected chi connectivity index (χ2v) is 6.62. The van der Waals surface area contributed by atoms with Crippen LogP contribution in [0.2, 0.25) is 5.02 Å². The van der Waals surface area contributed by atoms with Gasteiger partial charge in [0.05, 0.1) is 0 Å². The Morgan fingerprint density at radius 2 is 1.95 bits per heavy atom. The van der Waals surface area contributed by atoms with Gasteiger partial charge < -0.3 is 9.80 Å². The van der Waals surface area contributed by atoms with Crippen molar-refractivity contribution >= 4 is 17.3 Å². The largest absolute Gasteiger partial charge is 0.369 e. The Labute approximate surface area is 127 Å². The highest BCUT2D eigenvalue weighted by atomic mass is 35.5. The molecule has 3 rings (SSSR count). The number of nitrogens with zero attached hydrogens (tertiary/aromatic N) is 3. The summed E-state index contributed by atoms with van der Waals surface area (Å²) in [5.41, 5.74) is 1.26. The fraction of sp³-hybridized carbons (Fsp3) is 0.625. The predicted molar refractivity (Wildman–Crippen MR) is 85.7 cm³/mol. The van der Waals surface area contributed by atoms with Crippen molar-refractivity contribution in [3.8, 4) is 0 Å². The van der Waals surface area contributed by atoms with Gasteiger partial charge in [-0.3, -0.25) is 4.90 Å². The first-order valence-corrected chi connectivity index (χ1v) is 8.00.